The number of halogens is 1. The van der Waals surface area contributed by atoms with Crippen LogP contribution < -0.4 is 15.5 Å². The first-order valence-corrected chi connectivity index (χ1v) is 10.3. The van der Waals surface area contributed by atoms with Crippen LogP contribution in [0.25, 0.3) is 0 Å². The van der Waals surface area contributed by atoms with Crippen molar-refractivity contribution in [2.45, 2.75) is 46.3 Å². The summed E-state index contributed by atoms with van der Waals surface area (Å²) in [5.74, 6) is 1.55. The van der Waals surface area contributed by atoms with Crippen LogP contribution in [0.3, 0.4) is 0 Å². The van der Waals surface area contributed by atoms with E-state index in [9.17, 15) is 0 Å². The van der Waals surface area contributed by atoms with Crippen molar-refractivity contribution < 1.29 is 0 Å². The zero-order valence-electron chi connectivity index (χ0n) is 17.7. The van der Waals surface area contributed by atoms with Crippen LogP contribution in [-0.2, 0) is 6.54 Å². The van der Waals surface area contributed by atoms with Crippen molar-refractivity contribution in [3.05, 3.63) is 42.0 Å². The summed E-state index contributed by atoms with van der Waals surface area (Å²) in [6.07, 6.45) is 4.44. The molecule has 5 nitrogen and oxygen atoms in total. The fourth-order valence-corrected chi connectivity index (χ4v) is 3.78. The number of nitrogens with zero attached hydrogens (tertiary/aromatic N) is 3. The van der Waals surface area contributed by atoms with Crippen molar-refractivity contribution >= 4 is 35.6 Å². The fraction of sp³-hybridized carbons (Fsp3) is 0.591. The summed E-state index contributed by atoms with van der Waals surface area (Å²) in [6, 6.07) is 9.85. The van der Waals surface area contributed by atoms with Gasteiger partial charge < -0.3 is 15.5 Å². The van der Waals surface area contributed by atoms with Crippen molar-refractivity contribution in [3.63, 3.8) is 0 Å². The number of guanidine groups is 1. The van der Waals surface area contributed by atoms with Crippen LogP contribution in [0.5, 0.6) is 0 Å². The Morgan fingerprint density at radius 2 is 1.82 bits per heavy atom. The van der Waals surface area contributed by atoms with Crippen molar-refractivity contribution in [1.29, 1.82) is 0 Å². The van der Waals surface area contributed by atoms with E-state index in [4.69, 9.17) is 4.99 Å². The minimum Gasteiger partial charge on any atom is -0.364 e. The highest BCUT2D eigenvalue weighted by Gasteiger charge is 2.31. The van der Waals surface area contributed by atoms with E-state index in [0.29, 0.717) is 24.5 Å². The van der Waals surface area contributed by atoms with Crippen molar-refractivity contribution in [2.75, 3.05) is 37.6 Å². The number of nitrogens with one attached hydrogen (secondary N) is 2. The molecular weight excluding hydrogens is 461 g/mol. The van der Waals surface area contributed by atoms with Gasteiger partial charge in [-0.25, -0.2) is 4.99 Å². The minimum atomic E-state index is 0. The zero-order chi connectivity index (χ0) is 19.2. The van der Waals surface area contributed by atoms with E-state index in [0.717, 1.165) is 38.7 Å². The molecule has 1 aromatic carbocycles. The average Bonchev–Trinajstić information content (AvgIpc) is 3.31. The van der Waals surface area contributed by atoms with Gasteiger partial charge in [0, 0.05) is 50.5 Å². The molecule has 1 fully saturated rings. The second-order valence-corrected chi connectivity index (χ2v) is 8.01. The first-order chi connectivity index (χ1) is 13.1. The first-order valence-electron chi connectivity index (χ1n) is 10.3. The first kappa shape index (κ1) is 23.0. The van der Waals surface area contributed by atoms with E-state index < -0.39 is 0 Å². The molecular formula is C22H36IN5. The molecule has 2 N–H and O–H groups in total. The van der Waals surface area contributed by atoms with E-state index in [-0.39, 0.29) is 24.0 Å². The molecule has 0 radical (unpaired) electrons. The lowest BCUT2D eigenvalue weighted by Gasteiger charge is -2.22. The van der Waals surface area contributed by atoms with E-state index in [1.807, 2.05) is 0 Å². The number of aliphatic imine (C=N–C) groups is 1. The number of rotatable bonds is 6. The Hall–Kier alpha value is -1.28. The smallest absolute Gasteiger partial charge is 0.191 e. The van der Waals surface area contributed by atoms with E-state index >= 15 is 0 Å². The molecule has 2 heterocycles. The number of hydrogen-bond donors (Lipinski definition) is 2. The molecule has 6 heteroatoms. The quantitative estimate of drug-likeness (QED) is 0.274. The predicted octanol–water partition coefficient (Wildman–Crippen LogP) is 3.46. The topological polar surface area (TPSA) is 42.9 Å². The maximum absolute atomic E-state index is 4.83. The van der Waals surface area contributed by atoms with Gasteiger partial charge in [-0.15, -0.1) is 24.0 Å². The van der Waals surface area contributed by atoms with Gasteiger partial charge in [0.25, 0.3) is 0 Å². The van der Waals surface area contributed by atoms with Crippen molar-refractivity contribution in [3.8, 4) is 0 Å². The maximum atomic E-state index is 4.83. The summed E-state index contributed by atoms with van der Waals surface area (Å²) in [5, 5.41) is 7.06. The largest absolute Gasteiger partial charge is 0.364 e. The predicted molar refractivity (Wildman–Crippen MR) is 131 cm³/mol. The molecule has 156 valence electrons. The van der Waals surface area contributed by atoms with Gasteiger partial charge in [0.05, 0.1) is 6.54 Å². The standard InChI is InChI=1S/C22H35N5.HI/c1-5-23-22(25-21-16-27(17(2)3)15-18(21)4)24-14-19-8-10-20(11-9-19)26-12-6-7-13-26;/h6-11,17-18,21H,5,12-16H2,1-4H3,(H2,23,24,25);1H. The highest BCUT2D eigenvalue weighted by Crippen LogP contribution is 2.19. The second-order valence-electron chi connectivity index (χ2n) is 8.01. The third-order valence-corrected chi connectivity index (χ3v) is 5.58. The molecule has 0 saturated carbocycles. The van der Waals surface area contributed by atoms with Gasteiger partial charge in [-0.2, -0.15) is 0 Å². The molecule has 0 bridgehead atoms. The van der Waals surface area contributed by atoms with Gasteiger partial charge >= 0.3 is 0 Å². The van der Waals surface area contributed by atoms with Gasteiger partial charge in [-0.3, -0.25) is 4.90 Å². The van der Waals surface area contributed by atoms with Crippen LogP contribution >= 0.6 is 24.0 Å². The van der Waals surface area contributed by atoms with E-state index in [1.54, 1.807) is 0 Å². The summed E-state index contributed by atoms with van der Waals surface area (Å²) in [4.78, 5) is 9.73. The molecule has 0 aromatic heterocycles. The van der Waals surface area contributed by atoms with E-state index in [1.165, 1.54) is 11.3 Å². The van der Waals surface area contributed by atoms with Gasteiger partial charge in [0.15, 0.2) is 5.96 Å². The molecule has 28 heavy (non-hydrogen) atoms. The molecule has 2 atom stereocenters. The van der Waals surface area contributed by atoms with Crippen LogP contribution in [0.1, 0.15) is 33.3 Å². The molecule has 2 unspecified atom stereocenters. The summed E-state index contributed by atoms with van der Waals surface area (Å²) in [6.45, 7) is 14.8. The SMILES string of the molecule is CCNC(=NCc1ccc(N2CC=CC2)cc1)NC1CN(C(C)C)CC1C.I. The third-order valence-electron chi connectivity index (χ3n) is 5.58. The van der Waals surface area contributed by atoms with Crippen LogP contribution in [0.2, 0.25) is 0 Å². The Morgan fingerprint density at radius 1 is 1.14 bits per heavy atom. The lowest BCUT2D eigenvalue weighted by Crippen LogP contribution is -2.46. The Labute approximate surface area is 187 Å². The number of hydrogen-bond acceptors (Lipinski definition) is 3. The summed E-state index contributed by atoms with van der Waals surface area (Å²) in [5.41, 5.74) is 2.53. The fourth-order valence-electron chi connectivity index (χ4n) is 3.78. The van der Waals surface area contributed by atoms with Gasteiger partial charge in [-0.05, 0) is 44.4 Å². The van der Waals surface area contributed by atoms with Crippen LogP contribution in [0.15, 0.2) is 41.4 Å². The molecule has 0 aliphatic carbocycles. The molecule has 2 aliphatic heterocycles. The average molecular weight is 497 g/mol. The van der Waals surface area contributed by atoms with Gasteiger partial charge in [0.2, 0.25) is 0 Å². The zero-order valence-corrected chi connectivity index (χ0v) is 20.0. The number of benzene rings is 1. The molecule has 1 aromatic rings. The molecule has 0 amide bonds. The van der Waals surface area contributed by atoms with Crippen LogP contribution in [0, 0.1) is 5.92 Å². The monoisotopic (exact) mass is 497 g/mol. The Morgan fingerprint density at radius 3 is 2.39 bits per heavy atom. The van der Waals surface area contributed by atoms with Gasteiger partial charge in [0.1, 0.15) is 0 Å². The molecule has 2 aliphatic rings. The van der Waals surface area contributed by atoms with Crippen molar-refractivity contribution in [1.82, 2.24) is 15.5 Å². The summed E-state index contributed by atoms with van der Waals surface area (Å²) in [7, 11) is 0. The lowest BCUT2D eigenvalue weighted by molar-refractivity contribution is 0.265. The Bertz CT molecular complexity index is 647. The second kappa shape index (κ2) is 11.0. The minimum absolute atomic E-state index is 0. The lowest BCUT2D eigenvalue weighted by atomic mass is 10.1. The molecule has 3 rings (SSSR count). The number of likely N-dealkylation sites (tertiary alicyclic amines) is 1. The Kier molecular flexibility index (Phi) is 9.08. The summed E-state index contributed by atoms with van der Waals surface area (Å²) < 4.78 is 0. The Balaban J connectivity index is 0.00000280. The summed E-state index contributed by atoms with van der Waals surface area (Å²) >= 11 is 0. The molecule has 0 spiro atoms. The normalized spacial score (nSPS) is 22.6. The van der Waals surface area contributed by atoms with Gasteiger partial charge in [-0.1, -0.05) is 31.2 Å². The van der Waals surface area contributed by atoms with Crippen LogP contribution in [-0.4, -0.2) is 55.7 Å². The third kappa shape index (κ3) is 6.11. The van der Waals surface area contributed by atoms with Crippen molar-refractivity contribution in [2.24, 2.45) is 10.9 Å². The maximum Gasteiger partial charge on any atom is 0.191 e. The van der Waals surface area contributed by atoms with Crippen LogP contribution in [0.4, 0.5) is 5.69 Å². The highest BCUT2D eigenvalue weighted by atomic mass is 127. The highest BCUT2D eigenvalue weighted by molar-refractivity contribution is 14.0. The molecule has 1 saturated heterocycles. The number of anilines is 1. The van der Waals surface area contributed by atoms with E-state index in [2.05, 4.69) is 84.5 Å².